The van der Waals surface area contributed by atoms with E-state index in [2.05, 4.69) is 17.0 Å². The summed E-state index contributed by atoms with van der Waals surface area (Å²) in [5.74, 6) is 0.597. The van der Waals surface area contributed by atoms with Gasteiger partial charge in [0.2, 0.25) is 0 Å². The van der Waals surface area contributed by atoms with E-state index in [-0.39, 0.29) is 5.82 Å². The first-order valence-electron chi connectivity index (χ1n) is 8.52. The molecule has 4 nitrogen and oxygen atoms in total. The summed E-state index contributed by atoms with van der Waals surface area (Å²) in [7, 11) is 1.68. The third-order valence-corrected chi connectivity index (χ3v) is 4.19. The summed E-state index contributed by atoms with van der Waals surface area (Å²) in [5, 5.41) is 0. The van der Waals surface area contributed by atoms with Gasteiger partial charge in [-0.1, -0.05) is 24.3 Å². The van der Waals surface area contributed by atoms with E-state index in [4.69, 9.17) is 14.2 Å². The van der Waals surface area contributed by atoms with Crippen LogP contribution >= 0.6 is 0 Å². The Labute approximate surface area is 148 Å². The van der Waals surface area contributed by atoms with Crippen LogP contribution in [0.15, 0.2) is 48.5 Å². The van der Waals surface area contributed by atoms with Gasteiger partial charge in [-0.05, 0) is 35.4 Å². The minimum Gasteiger partial charge on any atom is -0.489 e. The fourth-order valence-electron chi connectivity index (χ4n) is 2.79. The zero-order valence-corrected chi connectivity index (χ0v) is 14.5. The van der Waals surface area contributed by atoms with E-state index in [0.717, 1.165) is 30.9 Å². The third kappa shape index (κ3) is 5.53. The van der Waals surface area contributed by atoms with Crippen molar-refractivity contribution in [3.63, 3.8) is 0 Å². The molecule has 0 radical (unpaired) electrons. The lowest BCUT2D eigenvalue weighted by Crippen LogP contribution is -2.51. The number of ether oxygens (including phenoxy) is 3. The van der Waals surface area contributed by atoms with Crippen LogP contribution in [0.25, 0.3) is 0 Å². The maximum Gasteiger partial charge on any atom is 0.123 e. The van der Waals surface area contributed by atoms with Crippen molar-refractivity contribution in [3.05, 3.63) is 65.5 Å². The Balaban J connectivity index is 1.43. The first-order chi connectivity index (χ1) is 12.2. The molecule has 134 valence electrons. The molecule has 2 aromatic carbocycles. The van der Waals surface area contributed by atoms with Crippen molar-refractivity contribution < 1.29 is 18.6 Å². The van der Waals surface area contributed by atoms with Crippen molar-refractivity contribution in [2.24, 2.45) is 0 Å². The van der Waals surface area contributed by atoms with Crippen LogP contribution in [-0.2, 0) is 22.6 Å². The SMILES string of the molecule is COCCOC1CN(Cc2cccc(OCc3ccc(F)cc3)c2)C1. The van der Waals surface area contributed by atoms with Crippen molar-refractivity contribution >= 4 is 0 Å². The van der Waals surface area contributed by atoms with E-state index in [0.29, 0.717) is 25.9 Å². The van der Waals surface area contributed by atoms with E-state index in [1.54, 1.807) is 19.2 Å². The first kappa shape index (κ1) is 17.9. The molecule has 0 spiro atoms. The smallest absolute Gasteiger partial charge is 0.123 e. The highest BCUT2D eigenvalue weighted by atomic mass is 19.1. The largest absolute Gasteiger partial charge is 0.489 e. The van der Waals surface area contributed by atoms with Gasteiger partial charge in [-0.25, -0.2) is 4.39 Å². The maximum atomic E-state index is 12.9. The minimum atomic E-state index is -0.232. The van der Waals surface area contributed by atoms with Crippen LogP contribution in [0.1, 0.15) is 11.1 Å². The molecule has 1 fully saturated rings. The molecule has 0 unspecified atom stereocenters. The molecule has 2 aromatic rings. The lowest BCUT2D eigenvalue weighted by molar-refractivity contribution is -0.0698. The fraction of sp³-hybridized carbons (Fsp3) is 0.400. The molecule has 0 saturated carbocycles. The average Bonchev–Trinajstić information content (AvgIpc) is 2.59. The molecule has 0 aromatic heterocycles. The molecular weight excluding hydrogens is 321 g/mol. The Morgan fingerprint density at radius 1 is 1.04 bits per heavy atom. The number of nitrogens with zero attached hydrogens (tertiary/aromatic N) is 1. The lowest BCUT2D eigenvalue weighted by Gasteiger charge is -2.38. The summed E-state index contributed by atoms with van der Waals surface area (Å²) in [4.78, 5) is 2.34. The van der Waals surface area contributed by atoms with Crippen molar-refractivity contribution in [3.8, 4) is 5.75 Å². The highest BCUT2D eigenvalue weighted by Crippen LogP contribution is 2.20. The number of benzene rings is 2. The van der Waals surface area contributed by atoms with Gasteiger partial charge in [0, 0.05) is 26.7 Å². The summed E-state index contributed by atoms with van der Waals surface area (Å²) < 4.78 is 29.4. The Morgan fingerprint density at radius 3 is 2.60 bits per heavy atom. The number of hydrogen-bond donors (Lipinski definition) is 0. The minimum absolute atomic E-state index is 0.232. The molecule has 25 heavy (non-hydrogen) atoms. The molecule has 1 saturated heterocycles. The molecule has 0 bridgehead atoms. The van der Waals surface area contributed by atoms with Crippen molar-refractivity contribution in [2.75, 3.05) is 33.4 Å². The zero-order valence-electron chi connectivity index (χ0n) is 14.5. The predicted octanol–water partition coefficient (Wildman–Crippen LogP) is 3.25. The van der Waals surface area contributed by atoms with Crippen molar-refractivity contribution in [1.82, 2.24) is 4.90 Å². The summed E-state index contributed by atoms with van der Waals surface area (Å²) in [6.45, 7) is 4.52. The second-order valence-electron chi connectivity index (χ2n) is 6.24. The molecule has 3 rings (SSSR count). The second-order valence-corrected chi connectivity index (χ2v) is 6.24. The van der Waals surface area contributed by atoms with Gasteiger partial charge in [0.15, 0.2) is 0 Å². The molecule has 1 heterocycles. The number of rotatable bonds is 9. The Morgan fingerprint density at radius 2 is 1.84 bits per heavy atom. The monoisotopic (exact) mass is 345 g/mol. The third-order valence-electron chi connectivity index (χ3n) is 4.19. The van der Waals surface area contributed by atoms with E-state index >= 15 is 0 Å². The Hall–Kier alpha value is -1.95. The van der Waals surface area contributed by atoms with Gasteiger partial charge in [-0.2, -0.15) is 0 Å². The van der Waals surface area contributed by atoms with Crippen LogP contribution in [0.2, 0.25) is 0 Å². The fourth-order valence-corrected chi connectivity index (χ4v) is 2.79. The molecule has 0 amide bonds. The van der Waals surface area contributed by atoms with Crippen molar-refractivity contribution in [1.29, 1.82) is 0 Å². The van der Waals surface area contributed by atoms with Gasteiger partial charge in [-0.15, -0.1) is 0 Å². The highest BCUT2D eigenvalue weighted by Gasteiger charge is 2.27. The van der Waals surface area contributed by atoms with Crippen LogP contribution < -0.4 is 4.74 Å². The van der Waals surface area contributed by atoms with Crippen LogP contribution in [0.3, 0.4) is 0 Å². The maximum absolute atomic E-state index is 12.9. The first-order valence-corrected chi connectivity index (χ1v) is 8.52. The lowest BCUT2D eigenvalue weighted by atomic mass is 10.1. The highest BCUT2D eigenvalue weighted by molar-refractivity contribution is 5.29. The summed E-state index contributed by atoms with van der Waals surface area (Å²) in [5.41, 5.74) is 2.16. The van der Waals surface area contributed by atoms with Crippen LogP contribution in [0.4, 0.5) is 4.39 Å². The number of hydrogen-bond acceptors (Lipinski definition) is 4. The molecule has 1 aliphatic rings. The van der Waals surface area contributed by atoms with Crippen molar-refractivity contribution in [2.45, 2.75) is 19.3 Å². The number of likely N-dealkylation sites (tertiary alicyclic amines) is 1. The Bertz CT molecular complexity index is 656. The van der Waals surface area contributed by atoms with Crippen LogP contribution in [-0.4, -0.2) is 44.4 Å². The topological polar surface area (TPSA) is 30.9 Å². The van der Waals surface area contributed by atoms with Gasteiger partial charge in [0.25, 0.3) is 0 Å². The molecule has 0 aliphatic carbocycles. The summed E-state index contributed by atoms with van der Waals surface area (Å²) >= 11 is 0. The normalized spacial score (nSPS) is 15.1. The molecular formula is C20H24FNO3. The summed E-state index contributed by atoms with van der Waals surface area (Å²) in [6.07, 6.45) is 0.313. The van der Waals surface area contributed by atoms with Gasteiger partial charge in [0.1, 0.15) is 18.2 Å². The summed E-state index contributed by atoms with van der Waals surface area (Å²) in [6, 6.07) is 14.5. The van der Waals surface area contributed by atoms with Crippen LogP contribution in [0.5, 0.6) is 5.75 Å². The Kier molecular flexibility index (Phi) is 6.39. The zero-order chi connectivity index (χ0) is 17.5. The molecule has 1 aliphatic heterocycles. The van der Waals surface area contributed by atoms with E-state index in [1.807, 2.05) is 12.1 Å². The predicted molar refractivity (Wildman–Crippen MR) is 94.1 cm³/mol. The second kappa shape index (κ2) is 8.94. The standard InChI is InChI=1S/C20H24FNO3/c1-23-9-10-24-20-13-22(14-20)12-17-3-2-4-19(11-17)25-15-16-5-7-18(21)8-6-16/h2-8,11,20H,9-10,12-15H2,1H3. The van der Waals surface area contributed by atoms with Gasteiger partial charge < -0.3 is 14.2 Å². The van der Waals surface area contributed by atoms with Gasteiger partial charge in [-0.3, -0.25) is 4.90 Å². The quantitative estimate of drug-likeness (QED) is 0.653. The number of halogens is 1. The van der Waals surface area contributed by atoms with E-state index in [1.165, 1.54) is 17.7 Å². The average molecular weight is 345 g/mol. The molecule has 0 N–H and O–H groups in total. The molecule has 5 heteroatoms. The number of methoxy groups -OCH3 is 1. The van der Waals surface area contributed by atoms with E-state index < -0.39 is 0 Å². The molecule has 0 atom stereocenters. The van der Waals surface area contributed by atoms with Crippen LogP contribution in [0, 0.1) is 5.82 Å². The van der Waals surface area contributed by atoms with E-state index in [9.17, 15) is 4.39 Å². The van der Waals surface area contributed by atoms with Gasteiger partial charge in [0.05, 0.1) is 19.3 Å². The van der Waals surface area contributed by atoms with Gasteiger partial charge >= 0.3 is 0 Å².